The van der Waals surface area contributed by atoms with Crippen molar-refractivity contribution < 1.29 is 0 Å². The van der Waals surface area contributed by atoms with Gasteiger partial charge < -0.3 is 4.57 Å². The zero-order valence-corrected chi connectivity index (χ0v) is 31.6. The third kappa shape index (κ3) is 6.45. The molecule has 0 bridgehead atoms. The van der Waals surface area contributed by atoms with Crippen molar-refractivity contribution in [3.8, 4) is 73.2 Å². The van der Waals surface area contributed by atoms with Gasteiger partial charge in [-0.25, -0.2) is 15.0 Å². The van der Waals surface area contributed by atoms with Crippen molar-refractivity contribution in [1.82, 2.24) is 24.5 Å². The van der Waals surface area contributed by atoms with Gasteiger partial charge in [-0.15, -0.1) is 0 Å². The summed E-state index contributed by atoms with van der Waals surface area (Å²) < 4.78 is 2.38. The largest absolute Gasteiger partial charge is 0.308 e. The summed E-state index contributed by atoms with van der Waals surface area (Å²) in [4.78, 5) is 19.9. The summed E-state index contributed by atoms with van der Waals surface area (Å²) in [5.74, 6) is 1.84. The number of hydrogen-bond donors (Lipinski definition) is 0. The fourth-order valence-corrected chi connectivity index (χ4v) is 7.84. The smallest absolute Gasteiger partial charge is 0.166 e. The Morgan fingerprint density at radius 3 is 1.37 bits per heavy atom. The minimum Gasteiger partial charge on any atom is -0.308 e. The minimum atomic E-state index is 0.596. The van der Waals surface area contributed by atoms with Gasteiger partial charge in [-0.1, -0.05) is 145 Å². The molecule has 0 aliphatic rings. The van der Waals surface area contributed by atoms with Crippen molar-refractivity contribution in [1.29, 1.82) is 0 Å². The maximum Gasteiger partial charge on any atom is 0.166 e. The zero-order chi connectivity index (χ0) is 38.3. The molecular formula is C52H37N5. The van der Waals surface area contributed by atoms with E-state index in [0.29, 0.717) is 17.5 Å². The van der Waals surface area contributed by atoms with E-state index in [-0.39, 0.29) is 0 Å². The first-order valence-electron chi connectivity index (χ1n) is 19.2. The molecule has 0 saturated heterocycles. The molecule has 7 aromatic carbocycles. The molecule has 0 aliphatic carbocycles. The topological polar surface area (TPSA) is 56.5 Å². The van der Waals surface area contributed by atoms with E-state index in [2.05, 4.69) is 133 Å². The van der Waals surface area contributed by atoms with E-state index in [4.69, 9.17) is 15.0 Å². The van der Waals surface area contributed by atoms with Gasteiger partial charge in [0.1, 0.15) is 0 Å². The molecule has 3 aromatic heterocycles. The SMILES string of the molecule is Cc1cccc(-c2ccc3c(c2)c2cc(-c4cccc(C)c4)ccc2n3-c2cc(-c3cccnc3)ccc2-c2nc(-c3ccccc3)nc(-c3ccccc3)n2)c1. The van der Waals surface area contributed by atoms with Crippen molar-refractivity contribution in [2.45, 2.75) is 13.8 Å². The second-order valence-electron chi connectivity index (χ2n) is 14.6. The molecule has 0 spiro atoms. The van der Waals surface area contributed by atoms with E-state index in [1.165, 1.54) is 44.2 Å². The average Bonchev–Trinajstić information content (AvgIpc) is 3.60. The Morgan fingerprint density at radius 1 is 0.368 bits per heavy atom. The Labute approximate surface area is 331 Å². The third-order valence-corrected chi connectivity index (χ3v) is 10.6. The molecule has 0 amide bonds. The molecule has 0 saturated carbocycles. The summed E-state index contributed by atoms with van der Waals surface area (Å²) in [6.07, 6.45) is 3.72. The number of nitrogens with zero attached hydrogens (tertiary/aromatic N) is 5. The van der Waals surface area contributed by atoms with Crippen LogP contribution in [0.5, 0.6) is 0 Å². The molecule has 57 heavy (non-hydrogen) atoms. The van der Waals surface area contributed by atoms with Crippen LogP contribution in [0.3, 0.4) is 0 Å². The highest BCUT2D eigenvalue weighted by atomic mass is 15.1. The summed E-state index contributed by atoms with van der Waals surface area (Å²) in [5.41, 5.74) is 15.2. The maximum absolute atomic E-state index is 5.21. The molecule has 5 nitrogen and oxygen atoms in total. The second-order valence-corrected chi connectivity index (χ2v) is 14.6. The van der Waals surface area contributed by atoms with Crippen LogP contribution in [0.2, 0.25) is 0 Å². The van der Waals surface area contributed by atoms with E-state index in [1.807, 2.05) is 79.1 Å². The molecule has 270 valence electrons. The molecule has 0 atom stereocenters. The van der Waals surface area contributed by atoms with E-state index >= 15 is 0 Å². The molecule has 10 aromatic rings. The van der Waals surface area contributed by atoms with Gasteiger partial charge in [0.2, 0.25) is 0 Å². The van der Waals surface area contributed by atoms with Gasteiger partial charge in [0.05, 0.1) is 16.7 Å². The molecule has 3 heterocycles. The lowest BCUT2D eigenvalue weighted by atomic mass is 9.99. The van der Waals surface area contributed by atoms with Gasteiger partial charge in [-0.3, -0.25) is 4.98 Å². The van der Waals surface area contributed by atoms with Crippen LogP contribution < -0.4 is 0 Å². The number of aromatic nitrogens is 5. The molecular weight excluding hydrogens is 695 g/mol. The third-order valence-electron chi connectivity index (χ3n) is 10.6. The molecule has 0 unspecified atom stereocenters. The van der Waals surface area contributed by atoms with Crippen LogP contribution in [0, 0.1) is 13.8 Å². The molecule has 0 aliphatic heterocycles. The van der Waals surface area contributed by atoms with Gasteiger partial charge in [0, 0.05) is 45.4 Å². The predicted molar refractivity (Wildman–Crippen MR) is 234 cm³/mol. The van der Waals surface area contributed by atoms with Crippen LogP contribution in [0.15, 0.2) is 188 Å². The Morgan fingerprint density at radius 2 is 0.842 bits per heavy atom. The number of benzene rings is 7. The number of aryl methyl sites for hydroxylation is 2. The number of hydrogen-bond acceptors (Lipinski definition) is 4. The van der Waals surface area contributed by atoms with Crippen LogP contribution in [0.25, 0.3) is 95.0 Å². The molecule has 0 radical (unpaired) electrons. The summed E-state index contributed by atoms with van der Waals surface area (Å²) in [5, 5.41) is 2.34. The van der Waals surface area contributed by atoms with Crippen molar-refractivity contribution >= 4 is 21.8 Å². The van der Waals surface area contributed by atoms with Crippen LogP contribution in [0.4, 0.5) is 0 Å². The fraction of sp³-hybridized carbons (Fsp3) is 0.0385. The summed E-state index contributed by atoms with van der Waals surface area (Å²) in [7, 11) is 0. The van der Waals surface area contributed by atoms with Gasteiger partial charge in [0.15, 0.2) is 17.5 Å². The molecule has 10 rings (SSSR count). The van der Waals surface area contributed by atoms with Crippen LogP contribution in [0.1, 0.15) is 11.1 Å². The normalized spacial score (nSPS) is 11.3. The lowest BCUT2D eigenvalue weighted by Gasteiger charge is -2.16. The van der Waals surface area contributed by atoms with Crippen LogP contribution >= 0.6 is 0 Å². The fourth-order valence-electron chi connectivity index (χ4n) is 7.84. The summed E-state index contributed by atoms with van der Waals surface area (Å²) in [6, 6.07) is 62.0. The summed E-state index contributed by atoms with van der Waals surface area (Å²) in [6.45, 7) is 4.29. The number of pyridine rings is 1. The Kier molecular flexibility index (Phi) is 8.53. The van der Waals surface area contributed by atoms with Gasteiger partial charge >= 0.3 is 0 Å². The van der Waals surface area contributed by atoms with E-state index in [0.717, 1.165) is 44.5 Å². The second kappa shape index (κ2) is 14.3. The molecule has 0 fully saturated rings. The van der Waals surface area contributed by atoms with Crippen LogP contribution in [-0.4, -0.2) is 24.5 Å². The van der Waals surface area contributed by atoms with Crippen molar-refractivity contribution in [2.24, 2.45) is 0 Å². The van der Waals surface area contributed by atoms with Gasteiger partial charge in [0.25, 0.3) is 0 Å². The average molecular weight is 732 g/mol. The first-order chi connectivity index (χ1) is 28.1. The Hall–Kier alpha value is -7.50. The maximum atomic E-state index is 5.21. The predicted octanol–water partition coefficient (Wildman–Crippen LogP) is 13.0. The van der Waals surface area contributed by atoms with Crippen molar-refractivity contribution in [3.63, 3.8) is 0 Å². The lowest BCUT2D eigenvalue weighted by molar-refractivity contribution is 1.06. The minimum absolute atomic E-state index is 0.596. The summed E-state index contributed by atoms with van der Waals surface area (Å²) >= 11 is 0. The first-order valence-corrected chi connectivity index (χ1v) is 19.2. The van der Waals surface area contributed by atoms with Crippen molar-refractivity contribution in [3.05, 3.63) is 199 Å². The Balaban J connectivity index is 1.28. The quantitative estimate of drug-likeness (QED) is 0.164. The molecule has 0 N–H and O–H groups in total. The molecule has 5 heteroatoms. The first kappa shape index (κ1) is 34.0. The van der Waals surface area contributed by atoms with E-state index in [1.54, 1.807) is 0 Å². The highest BCUT2D eigenvalue weighted by Gasteiger charge is 2.21. The standard InChI is InChI=1S/C52H37N5/c1-34-12-9-18-38(28-34)40-22-25-47-45(30-40)46-31-41(39-19-10-13-35(2)29-39)23-26-48(46)57(47)49-32-42(43-20-11-27-53-33-43)21-24-44(49)52-55-50(36-14-5-3-6-15-36)54-51(56-52)37-16-7-4-8-17-37/h3-33H,1-2H3. The van der Waals surface area contributed by atoms with Gasteiger partial charge in [-0.05, 0) is 84.1 Å². The number of fused-ring (bicyclic) bond motifs is 3. The van der Waals surface area contributed by atoms with E-state index < -0.39 is 0 Å². The highest BCUT2D eigenvalue weighted by Crippen LogP contribution is 2.41. The monoisotopic (exact) mass is 731 g/mol. The van der Waals surface area contributed by atoms with Gasteiger partial charge in [-0.2, -0.15) is 0 Å². The van der Waals surface area contributed by atoms with Crippen molar-refractivity contribution in [2.75, 3.05) is 0 Å². The zero-order valence-electron chi connectivity index (χ0n) is 31.6. The van der Waals surface area contributed by atoms with Crippen LogP contribution in [-0.2, 0) is 0 Å². The lowest BCUT2D eigenvalue weighted by Crippen LogP contribution is -2.04. The number of rotatable bonds is 7. The Bertz CT molecular complexity index is 2920. The highest BCUT2D eigenvalue weighted by molar-refractivity contribution is 6.12. The van der Waals surface area contributed by atoms with E-state index in [9.17, 15) is 0 Å².